The normalized spacial score (nSPS) is 10.9. The number of ether oxygens (including phenoxy) is 1. The van der Waals surface area contributed by atoms with E-state index in [9.17, 15) is 4.79 Å². The van der Waals surface area contributed by atoms with E-state index in [-0.39, 0.29) is 12.2 Å². The average Bonchev–Trinajstić information content (AvgIpc) is 3.07. The number of fused-ring (bicyclic) bond motifs is 1. The summed E-state index contributed by atoms with van der Waals surface area (Å²) < 4.78 is 7.02. The Morgan fingerprint density at radius 2 is 1.80 bits per heavy atom. The minimum Gasteiger partial charge on any atom is -0.487 e. The summed E-state index contributed by atoms with van der Waals surface area (Å²) in [6.07, 6.45) is 0. The lowest BCUT2D eigenvalue weighted by Crippen LogP contribution is -2.16. The zero-order chi connectivity index (χ0) is 17.2. The molecule has 6 nitrogen and oxygen atoms in total. The fourth-order valence-electron chi connectivity index (χ4n) is 2.52. The minimum atomic E-state index is -0.220. The molecule has 0 bridgehead atoms. The Bertz CT molecular complexity index is 1070. The first kappa shape index (κ1) is 15.1. The molecule has 0 aliphatic carbocycles. The first-order valence-electron chi connectivity index (χ1n) is 7.93. The summed E-state index contributed by atoms with van der Waals surface area (Å²) >= 11 is 0. The van der Waals surface area contributed by atoms with Crippen LogP contribution in [0.4, 0.5) is 0 Å². The molecule has 2 heterocycles. The number of rotatable bonds is 4. The molecule has 0 fully saturated rings. The first-order chi connectivity index (χ1) is 12.2. The van der Waals surface area contributed by atoms with Gasteiger partial charge >= 0.3 is 0 Å². The zero-order valence-electron chi connectivity index (χ0n) is 13.6. The van der Waals surface area contributed by atoms with Gasteiger partial charge in [-0.3, -0.25) is 9.89 Å². The van der Waals surface area contributed by atoms with E-state index in [1.165, 1.54) is 10.6 Å². The Kier molecular flexibility index (Phi) is 3.78. The molecule has 6 heteroatoms. The molecule has 4 rings (SSSR count). The molecular weight excluding hydrogens is 316 g/mol. The zero-order valence-corrected chi connectivity index (χ0v) is 13.6. The molecule has 25 heavy (non-hydrogen) atoms. The van der Waals surface area contributed by atoms with Gasteiger partial charge in [-0.2, -0.15) is 9.50 Å². The summed E-state index contributed by atoms with van der Waals surface area (Å²) in [4.78, 5) is 21.1. The van der Waals surface area contributed by atoms with E-state index < -0.39 is 0 Å². The lowest BCUT2D eigenvalue weighted by Gasteiger charge is -2.05. The molecule has 0 saturated carbocycles. The maximum atomic E-state index is 12.3. The van der Waals surface area contributed by atoms with E-state index in [1.807, 2.05) is 61.5 Å². The largest absolute Gasteiger partial charge is 0.487 e. The molecule has 2 aromatic carbocycles. The van der Waals surface area contributed by atoms with Gasteiger partial charge in [-0.25, -0.2) is 4.98 Å². The number of benzene rings is 2. The van der Waals surface area contributed by atoms with Gasteiger partial charge < -0.3 is 4.74 Å². The van der Waals surface area contributed by atoms with Crippen molar-refractivity contribution in [1.82, 2.24) is 19.6 Å². The van der Waals surface area contributed by atoms with Crippen molar-refractivity contribution >= 4 is 5.78 Å². The minimum absolute atomic E-state index is 0.211. The Morgan fingerprint density at radius 1 is 1.04 bits per heavy atom. The van der Waals surface area contributed by atoms with Crippen molar-refractivity contribution in [1.29, 1.82) is 0 Å². The molecule has 2 aromatic heterocycles. The van der Waals surface area contributed by atoms with Gasteiger partial charge in [0.2, 0.25) is 0 Å². The molecule has 0 amide bonds. The van der Waals surface area contributed by atoms with Crippen LogP contribution in [0.15, 0.2) is 65.5 Å². The highest BCUT2D eigenvalue weighted by Crippen LogP contribution is 2.15. The number of aromatic amines is 1. The van der Waals surface area contributed by atoms with E-state index in [0.29, 0.717) is 17.3 Å². The van der Waals surface area contributed by atoms with Gasteiger partial charge in [0.05, 0.1) is 5.69 Å². The highest BCUT2D eigenvalue weighted by atomic mass is 16.5. The van der Waals surface area contributed by atoms with Gasteiger partial charge in [-0.15, -0.1) is 0 Å². The van der Waals surface area contributed by atoms with Crippen LogP contribution in [0.5, 0.6) is 5.75 Å². The SMILES string of the molecule is Cc1ccc(OCc2cc(=O)n3[nH]c(-c4ccccc4)nc3n2)cc1. The Labute approximate surface area is 143 Å². The number of nitrogens with one attached hydrogen (secondary N) is 1. The highest BCUT2D eigenvalue weighted by Gasteiger charge is 2.09. The van der Waals surface area contributed by atoms with Crippen LogP contribution in [0.3, 0.4) is 0 Å². The summed E-state index contributed by atoms with van der Waals surface area (Å²) in [7, 11) is 0. The van der Waals surface area contributed by atoms with Crippen molar-refractivity contribution in [3.05, 3.63) is 82.3 Å². The molecule has 0 saturated heterocycles. The van der Waals surface area contributed by atoms with Gasteiger partial charge in [-0.1, -0.05) is 48.0 Å². The van der Waals surface area contributed by atoms with Gasteiger partial charge in [0.15, 0.2) is 5.82 Å². The predicted molar refractivity (Wildman–Crippen MR) is 94.6 cm³/mol. The number of hydrogen-bond acceptors (Lipinski definition) is 4. The number of H-pyrrole nitrogens is 1. The van der Waals surface area contributed by atoms with Crippen molar-refractivity contribution in [2.75, 3.05) is 0 Å². The maximum absolute atomic E-state index is 12.3. The van der Waals surface area contributed by atoms with Crippen LogP contribution >= 0.6 is 0 Å². The fraction of sp³-hybridized carbons (Fsp3) is 0.105. The fourth-order valence-corrected chi connectivity index (χ4v) is 2.52. The molecule has 0 aliphatic heterocycles. The molecule has 0 spiro atoms. The van der Waals surface area contributed by atoms with Gasteiger partial charge in [0.25, 0.3) is 11.3 Å². The predicted octanol–water partition coefficient (Wildman–Crippen LogP) is 2.97. The van der Waals surface area contributed by atoms with Gasteiger partial charge in [-0.05, 0) is 19.1 Å². The van der Waals surface area contributed by atoms with E-state index in [0.717, 1.165) is 16.9 Å². The van der Waals surface area contributed by atoms with Gasteiger partial charge in [0, 0.05) is 11.6 Å². The quantitative estimate of drug-likeness (QED) is 0.623. The van der Waals surface area contributed by atoms with Crippen molar-refractivity contribution in [3.63, 3.8) is 0 Å². The van der Waals surface area contributed by atoms with Crippen molar-refractivity contribution < 1.29 is 4.74 Å². The average molecular weight is 332 g/mol. The summed E-state index contributed by atoms with van der Waals surface area (Å²) in [5.74, 6) is 1.66. The van der Waals surface area contributed by atoms with Crippen LogP contribution in [0.2, 0.25) is 0 Å². The smallest absolute Gasteiger partial charge is 0.274 e. The third-order valence-corrected chi connectivity index (χ3v) is 3.84. The molecule has 4 aromatic rings. The van der Waals surface area contributed by atoms with Crippen LogP contribution in [0, 0.1) is 6.92 Å². The molecule has 0 unspecified atom stereocenters. The topological polar surface area (TPSA) is 72.3 Å². The Morgan fingerprint density at radius 3 is 2.56 bits per heavy atom. The third kappa shape index (κ3) is 3.14. The van der Waals surface area contributed by atoms with Crippen LogP contribution in [0.1, 0.15) is 11.3 Å². The molecule has 1 N–H and O–H groups in total. The van der Waals surface area contributed by atoms with E-state index in [4.69, 9.17) is 4.74 Å². The van der Waals surface area contributed by atoms with Gasteiger partial charge in [0.1, 0.15) is 12.4 Å². The van der Waals surface area contributed by atoms with E-state index in [2.05, 4.69) is 15.1 Å². The molecule has 124 valence electrons. The van der Waals surface area contributed by atoms with Crippen molar-refractivity contribution in [3.8, 4) is 17.1 Å². The number of aryl methyl sites for hydroxylation is 1. The summed E-state index contributed by atoms with van der Waals surface area (Å²) in [5.41, 5.74) is 2.37. The second-order valence-corrected chi connectivity index (χ2v) is 5.76. The van der Waals surface area contributed by atoms with Crippen LogP contribution in [-0.2, 0) is 6.61 Å². The Balaban J connectivity index is 1.62. The van der Waals surface area contributed by atoms with Crippen molar-refractivity contribution in [2.24, 2.45) is 0 Å². The number of aromatic nitrogens is 4. The summed E-state index contributed by atoms with van der Waals surface area (Å²) in [5, 5.41) is 2.98. The van der Waals surface area contributed by atoms with Crippen LogP contribution in [0.25, 0.3) is 17.2 Å². The van der Waals surface area contributed by atoms with E-state index >= 15 is 0 Å². The first-order valence-corrected chi connectivity index (χ1v) is 7.93. The third-order valence-electron chi connectivity index (χ3n) is 3.84. The summed E-state index contributed by atoms with van der Waals surface area (Å²) in [6.45, 7) is 2.23. The second-order valence-electron chi connectivity index (χ2n) is 5.76. The van der Waals surface area contributed by atoms with Crippen LogP contribution < -0.4 is 10.3 Å². The van der Waals surface area contributed by atoms with E-state index in [1.54, 1.807) is 0 Å². The number of hydrogen-bond donors (Lipinski definition) is 1. The highest BCUT2D eigenvalue weighted by molar-refractivity contribution is 5.56. The van der Waals surface area contributed by atoms with Crippen molar-refractivity contribution in [2.45, 2.75) is 13.5 Å². The molecule has 0 aliphatic rings. The molecular formula is C19H16N4O2. The number of nitrogens with zero attached hydrogens (tertiary/aromatic N) is 3. The molecule has 0 radical (unpaired) electrons. The lowest BCUT2D eigenvalue weighted by atomic mass is 10.2. The standard InChI is InChI=1S/C19H16N4O2/c1-13-7-9-16(10-8-13)25-12-15-11-17(24)23-19(20-15)21-18(22-23)14-5-3-2-4-6-14/h2-11H,12H2,1H3,(H,20,21,22). The Hall–Kier alpha value is -3.41. The lowest BCUT2D eigenvalue weighted by molar-refractivity contribution is 0.301. The summed E-state index contributed by atoms with van der Waals surface area (Å²) in [6, 6.07) is 18.8. The van der Waals surface area contributed by atoms with Crippen LogP contribution in [-0.4, -0.2) is 19.6 Å². The maximum Gasteiger partial charge on any atom is 0.274 e. The monoisotopic (exact) mass is 332 g/mol. The second kappa shape index (κ2) is 6.24. The molecule has 0 atom stereocenters.